The molecule has 4 heteroatoms. The minimum atomic E-state index is -0.0649. The van der Waals surface area contributed by atoms with E-state index in [9.17, 15) is 4.79 Å². The Morgan fingerprint density at radius 2 is 1.88 bits per heavy atom. The fraction of sp³-hybridized carbons (Fsp3) is 0.450. The molecule has 4 atom stereocenters. The second kappa shape index (κ2) is 6.34. The molecule has 1 N–H and O–H groups in total. The minimum Gasteiger partial charge on any atom is -0.349 e. The van der Waals surface area contributed by atoms with E-state index in [1.165, 1.54) is 25.7 Å². The van der Waals surface area contributed by atoms with Crippen molar-refractivity contribution in [3.05, 3.63) is 48.3 Å². The Balaban J connectivity index is 1.41. The largest absolute Gasteiger partial charge is 0.349 e. The van der Waals surface area contributed by atoms with Crippen LogP contribution >= 0.6 is 0 Å². The summed E-state index contributed by atoms with van der Waals surface area (Å²) in [6.45, 7) is 2.14. The highest BCUT2D eigenvalue weighted by Gasteiger charge is 2.42. The summed E-state index contributed by atoms with van der Waals surface area (Å²) in [6.07, 6.45) is 8.60. The first-order chi connectivity index (χ1) is 11.7. The van der Waals surface area contributed by atoms with Gasteiger partial charge in [0.2, 0.25) is 0 Å². The molecular weight excluding hydrogens is 298 g/mol. The molecule has 1 aromatic carbocycles. The highest BCUT2D eigenvalue weighted by atomic mass is 16.1. The number of carbonyl (C=O) groups is 1. The molecule has 1 heterocycles. The van der Waals surface area contributed by atoms with E-state index in [1.807, 2.05) is 30.3 Å². The molecule has 2 bridgehead atoms. The normalized spacial score (nSPS) is 26.3. The first-order valence-corrected chi connectivity index (χ1v) is 8.89. The minimum absolute atomic E-state index is 0.0649. The van der Waals surface area contributed by atoms with E-state index in [4.69, 9.17) is 0 Å². The number of carbonyl (C=O) groups excluding carboxylic acids is 1. The maximum Gasteiger partial charge on any atom is 0.254 e. The lowest BCUT2D eigenvalue weighted by Crippen LogP contribution is -2.40. The molecule has 0 radical (unpaired) electrons. The average Bonchev–Trinajstić information content (AvgIpc) is 3.26. The number of hydrogen-bond donors (Lipinski definition) is 1. The van der Waals surface area contributed by atoms with Crippen LogP contribution in [0, 0.1) is 17.8 Å². The lowest BCUT2D eigenvalue weighted by Gasteiger charge is -2.28. The van der Waals surface area contributed by atoms with Gasteiger partial charge in [-0.3, -0.25) is 4.79 Å². The van der Waals surface area contributed by atoms with Crippen molar-refractivity contribution in [1.29, 1.82) is 0 Å². The Hall–Kier alpha value is -2.23. The summed E-state index contributed by atoms with van der Waals surface area (Å²) in [5, 5.41) is 3.16. The molecule has 2 fully saturated rings. The van der Waals surface area contributed by atoms with Gasteiger partial charge in [0, 0.05) is 24.0 Å². The van der Waals surface area contributed by atoms with Crippen molar-refractivity contribution in [3.63, 3.8) is 0 Å². The van der Waals surface area contributed by atoms with Gasteiger partial charge in [0.05, 0.1) is 5.56 Å². The van der Waals surface area contributed by atoms with Crippen molar-refractivity contribution in [1.82, 2.24) is 15.3 Å². The Bertz CT molecular complexity index is 713. The Morgan fingerprint density at radius 3 is 2.50 bits per heavy atom. The fourth-order valence-electron chi connectivity index (χ4n) is 4.49. The maximum atomic E-state index is 12.5. The third-order valence-electron chi connectivity index (χ3n) is 5.74. The van der Waals surface area contributed by atoms with Crippen LogP contribution in [0.1, 0.15) is 43.0 Å². The second-order valence-corrected chi connectivity index (χ2v) is 7.26. The van der Waals surface area contributed by atoms with Crippen LogP contribution in [0.25, 0.3) is 11.4 Å². The molecule has 0 aliphatic heterocycles. The first kappa shape index (κ1) is 15.3. The summed E-state index contributed by atoms with van der Waals surface area (Å²) < 4.78 is 0. The summed E-state index contributed by atoms with van der Waals surface area (Å²) in [4.78, 5) is 21.2. The summed E-state index contributed by atoms with van der Waals surface area (Å²) in [5.74, 6) is 2.92. The van der Waals surface area contributed by atoms with Gasteiger partial charge in [0.15, 0.2) is 5.82 Å². The standard InChI is InChI=1S/C20H23N3O/c1-13(18-10-14-7-8-16(18)9-14)23-20(24)17-11-21-19(22-12-17)15-5-3-2-4-6-15/h2-6,11-14,16,18H,7-10H2,1H3,(H,23,24). The van der Waals surface area contributed by atoms with E-state index in [2.05, 4.69) is 22.2 Å². The molecule has 4 unspecified atom stereocenters. The van der Waals surface area contributed by atoms with Crippen LogP contribution in [-0.2, 0) is 0 Å². The average molecular weight is 321 g/mol. The first-order valence-electron chi connectivity index (χ1n) is 8.89. The molecule has 124 valence electrons. The van der Waals surface area contributed by atoms with E-state index in [0.717, 1.165) is 17.4 Å². The molecule has 4 nitrogen and oxygen atoms in total. The summed E-state index contributed by atoms with van der Waals surface area (Å²) in [6, 6.07) is 10.0. The lowest BCUT2D eigenvalue weighted by molar-refractivity contribution is 0.0914. The maximum absolute atomic E-state index is 12.5. The van der Waals surface area contributed by atoms with Crippen LogP contribution in [0.4, 0.5) is 0 Å². The second-order valence-electron chi connectivity index (χ2n) is 7.26. The zero-order chi connectivity index (χ0) is 16.5. The topological polar surface area (TPSA) is 54.9 Å². The van der Waals surface area contributed by atoms with E-state index in [1.54, 1.807) is 12.4 Å². The van der Waals surface area contributed by atoms with Crippen LogP contribution in [0.5, 0.6) is 0 Å². The van der Waals surface area contributed by atoms with E-state index >= 15 is 0 Å². The van der Waals surface area contributed by atoms with Crippen LogP contribution in [0.3, 0.4) is 0 Å². The monoisotopic (exact) mass is 321 g/mol. The van der Waals surface area contributed by atoms with E-state index < -0.39 is 0 Å². The fourth-order valence-corrected chi connectivity index (χ4v) is 4.49. The molecule has 4 rings (SSSR count). The van der Waals surface area contributed by atoms with Gasteiger partial charge in [-0.05, 0) is 43.9 Å². The SMILES string of the molecule is CC(NC(=O)c1cnc(-c2ccccc2)nc1)C1CC2CCC1C2. The molecule has 0 saturated heterocycles. The van der Waals surface area contributed by atoms with Gasteiger partial charge in [-0.15, -0.1) is 0 Å². The number of amides is 1. The highest BCUT2D eigenvalue weighted by Crippen LogP contribution is 2.49. The van der Waals surface area contributed by atoms with Crippen molar-refractivity contribution in [2.45, 2.75) is 38.6 Å². The Morgan fingerprint density at radius 1 is 1.12 bits per heavy atom. The number of aromatic nitrogens is 2. The molecular formula is C20H23N3O. The molecule has 2 aliphatic rings. The van der Waals surface area contributed by atoms with Gasteiger partial charge in [0.1, 0.15) is 0 Å². The van der Waals surface area contributed by atoms with Gasteiger partial charge in [-0.1, -0.05) is 36.8 Å². The van der Waals surface area contributed by atoms with Crippen molar-refractivity contribution in [3.8, 4) is 11.4 Å². The van der Waals surface area contributed by atoms with Gasteiger partial charge >= 0.3 is 0 Å². The molecule has 2 saturated carbocycles. The van der Waals surface area contributed by atoms with Crippen LogP contribution in [-0.4, -0.2) is 21.9 Å². The zero-order valence-electron chi connectivity index (χ0n) is 14.0. The number of nitrogens with one attached hydrogen (secondary N) is 1. The molecule has 1 amide bonds. The lowest BCUT2D eigenvalue weighted by atomic mass is 9.84. The molecule has 1 aromatic heterocycles. The molecule has 24 heavy (non-hydrogen) atoms. The van der Waals surface area contributed by atoms with Crippen molar-refractivity contribution >= 4 is 5.91 Å². The van der Waals surface area contributed by atoms with E-state index in [-0.39, 0.29) is 11.9 Å². The van der Waals surface area contributed by atoms with Crippen LogP contribution in [0.15, 0.2) is 42.7 Å². The third kappa shape index (κ3) is 2.93. The number of benzene rings is 1. The van der Waals surface area contributed by atoms with Gasteiger partial charge in [0.25, 0.3) is 5.91 Å². The zero-order valence-corrected chi connectivity index (χ0v) is 14.0. The predicted octanol–water partition coefficient (Wildman–Crippen LogP) is 3.70. The van der Waals surface area contributed by atoms with Gasteiger partial charge in [-0.2, -0.15) is 0 Å². The summed E-state index contributed by atoms with van der Waals surface area (Å²) in [7, 11) is 0. The molecule has 0 spiro atoms. The number of fused-ring (bicyclic) bond motifs is 2. The quantitative estimate of drug-likeness (QED) is 0.934. The highest BCUT2D eigenvalue weighted by molar-refractivity contribution is 5.93. The number of rotatable bonds is 4. The van der Waals surface area contributed by atoms with Crippen molar-refractivity contribution in [2.75, 3.05) is 0 Å². The molecule has 2 aliphatic carbocycles. The Labute approximate surface area is 142 Å². The summed E-state index contributed by atoms with van der Waals surface area (Å²) >= 11 is 0. The smallest absolute Gasteiger partial charge is 0.254 e. The van der Waals surface area contributed by atoms with Crippen molar-refractivity contribution < 1.29 is 4.79 Å². The Kier molecular flexibility index (Phi) is 4.05. The third-order valence-corrected chi connectivity index (χ3v) is 5.74. The van der Waals surface area contributed by atoms with Crippen LogP contribution < -0.4 is 5.32 Å². The number of hydrogen-bond acceptors (Lipinski definition) is 3. The van der Waals surface area contributed by atoms with E-state index in [0.29, 0.717) is 17.3 Å². The van der Waals surface area contributed by atoms with Gasteiger partial charge in [-0.25, -0.2) is 9.97 Å². The summed E-state index contributed by atoms with van der Waals surface area (Å²) in [5.41, 5.74) is 1.49. The number of nitrogens with zero attached hydrogens (tertiary/aromatic N) is 2. The predicted molar refractivity (Wildman–Crippen MR) is 93.3 cm³/mol. The van der Waals surface area contributed by atoms with Crippen LogP contribution in [0.2, 0.25) is 0 Å². The molecule has 2 aromatic rings. The van der Waals surface area contributed by atoms with Crippen molar-refractivity contribution in [2.24, 2.45) is 17.8 Å². The van der Waals surface area contributed by atoms with Gasteiger partial charge < -0.3 is 5.32 Å².